The van der Waals surface area contributed by atoms with Gasteiger partial charge in [-0.1, -0.05) is 13.0 Å². The normalized spacial score (nSPS) is 14.3. The molecule has 0 aromatic heterocycles. The number of nitrogens with zero attached hydrogens (tertiary/aromatic N) is 2. The summed E-state index contributed by atoms with van der Waals surface area (Å²) in [5, 5.41) is 0. The molecule has 1 aliphatic heterocycles. The molecule has 6 heteroatoms. The smallest absolute Gasteiger partial charge is 0.254 e. The Morgan fingerprint density at radius 3 is 2.39 bits per heavy atom. The summed E-state index contributed by atoms with van der Waals surface area (Å²) in [6.07, 6.45) is 1.13. The molecule has 3 rings (SSSR count). The molecule has 28 heavy (non-hydrogen) atoms. The summed E-state index contributed by atoms with van der Waals surface area (Å²) in [5.41, 5.74) is 1.95. The predicted octanol–water partition coefficient (Wildman–Crippen LogP) is 4.22. The van der Waals surface area contributed by atoms with Crippen LogP contribution in [0.3, 0.4) is 0 Å². The maximum atomic E-state index is 14.7. The molecule has 1 saturated heterocycles. The molecule has 148 valence electrons. The summed E-state index contributed by atoms with van der Waals surface area (Å²) in [6.45, 7) is 5.52. The standard InChI is InChI=1S/C22H24F2N2O2/c1-3-5-21(27)18-14-19(24)20(12-15(18)2)25-8-10-26(11-9-25)22(28)16-6-4-7-17(23)13-16/h4,6-7,12-14H,3,5,8-11H2,1-2H3. The van der Waals surface area contributed by atoms with Gasteiger partial charge in [-0.15, -0.1) is 0 Å². The molecule has 1 amide bonds. The number of ketones is 1. The van der Waals surface area contributed by atoms with Gasteiger partial charge in [-0.3, -0.25) is 9.59 Å². The van der Waals surface area contributed by atoms with E-state index in [1.165, 1.54) is 24.3 Å². The van der Waals surface area contributed by atoms with E-state index in [2.05, 4.69) is 0 Å². The second-order valence-electron chi connectivity index (χ2n) is 7.08. The van der Waals surface area contributed by atoms with Crippen molar-refractivity contribution in [3.8, 4) is 0 Å². The summed E-state index contributed by atoms with van der Waals surface area (Å²) < 4.78 is 28.0. The zero-order valence-corrected chi connectivity index (χ0v) is 16.2. The van der Waals surface area contributed by atoms with E-state index in [0.29, 0.717) is 49.4 Å². The fourth-order valence-corrected chi connectivity index (χ4v) is 3.53. The molecule has 1 aliphatic rings. The van der Waals surface area contributed by atoms with Gasteiger partial charge in [0, 0.05) is 43.7 Å². The first-order chi connectivity index (χ1) is 13.4. The lowest BCUT2D eigenvalue weighted by molar-refractivity contribution is 0.0746. The third kappa shape index (κ3) is 4.21. The van der Waals surface area contributed by atoms with Crippen LogP contribution in [-0.2, 0) is 0 Å². The fraction of sp³-hybridized carbons (Fsp3) is 0.364. The number of rotatable bonds is 5. The van der Waals surface area contributed by atoms with Gasteiger partial charge in [-0.25, -0.2) is 8.78 Å². The van der Waals surface area contributed by atoms with Crippen molar-refractivity contribution in [1.82, 2.24) is 4.90 Å². The Labute approximate surface area is 163 Å². The molecule has 0 N–H and O–H groups in total. The molecule has 2 aromatic carbocycles. The van der Waals surface area contributed by atoms with Crippen LogP contribution in [0, 0.1) is 18.6 Å². The van der Waals surface area contributed by atoms with Crippen LogP contribution in [0.2, 0.25) is 0 Å². The lowest BCUT2D eigenvalue weighted by atomic mass is 10.00. The molecule has 2 aromatic rings. The highest BCUT2D eigenvalue weighted by Gasteiger charge is 2.25. The van der Waals surface area contributed by atoms with Crippen molar-refractivity contribution in [1.29, 1.82) is 0 Å². The molecule has 1 fully saturated rings. The Morgan fingerprint density at radius 2 is 1.75 bits per heavy atom. The summed E-state index contributed by atoms with van der Waals surface area (Å²) >= 11 is 0. The first kappa shape index (κ1) is 20.0. The van der Waals surface area contributed by atoms with Crippen LogP contribution in [0.25, 0.3) is 0 Å². The Balaban J connectivity index is 1.70. The Bertz CT molecular complexity index is 890. The van der Waals surface area contributed by atoms with Gasteiger partial charge in [0.25, 0.3) is 5.91 Å². The predicted molar refractivity (Wildman–Crippen MR) is 105 cm³/mol. The van der Waals surface area contributed by atoms with E-state index in [0.717, 1.165) is 12.0 Å². The zero-order chi connectivity index (χ0) is 20.3. The minimum Gasteiger partial charge on any atom is -0.366 e. The molecule has 1 heterocycles. The van der Waals surface area contributed by atoms with E-state index in [1.54, 1.807) is 17.0 Å². The molecular weight excluding hydrogens is 362 g/mol. The lowest BCUT2D eigenvalue weighted by Gasteiger charge is -2.36. The highest BCUT2D eigenvalue weighted by Crippen LogP contribution is 2.26. The highest BCUT2D eigenvalue weighted by atomic mass is 19.1. The van der Waals surface area contributed by atoms with Gasteiger partial charge in [0.2, 0.25) is 0 Å². The van der Waals surface area contributed by atoms with Crippen molar-refractivity contribution in [2.45, 2.75) is 26.7 Å². The number of benzene rings is 2. The number of carbonyl (C=O) groups excluding carboxylic acids is 2. The molecule has 4 nitrogen and oxygen atoms in total. The van der Waals surface area contributed by atoms with E-state index < -0.39 is 11.6 Å². The topological polar surface area (TPSA) is 40.6 Å². The maximum absolute atomic E-state index is 14.7. The van der Waals surface area contributed by atoms with Crippen molar-refractivity contribution < 1.29 is 18.4 Å². The van der Waals surface area contributed by atoms with E-state index in [1.807, 2.05) is 18.7 Å². The second kappa shape index (κ2) is 8.50. The van der Waals surface area contributed by atoms with Crippen LogP contribution in [0.15, 0.2) is 36.4 Å². The monoisotopic (exact) mass is 386 g/mol. The van der Waals surface area contributed by atoms with Gasteiger partial charge in [-0.2, -0.15) is 0 Å². The van der Waals surface area contributed by atoms with Crippen molar-refractivity contribution in [3.63, 3.8) is 0 Å². The van der Waals surface area contributed by atoms with Crippen LogP contribution in [-0.4, -0.2) is 42.8 Å². The van der Waals surface area contributed by atoms with Crippen molar-refractivity contribution >= 4 is 17.4 Å². The zero-order valence-electron chi connectivity index (χ0n) is 16.2. The van der Waals surface area contributed by atoms with Crippen LogP contribution < -0.4 is 4.90 Å². The summed E-state index contributed by atoms with van der Waals surface area (Å²) in [5.74, 6) is -1.14. The minimum absolute atomic E-state index is 0.0454. The van der Waals surface area contributed by atoms with Crippen molar-refractivity contribution in [2.75, 3.05) is 31.1 Å². The molecule has 0 radical (unpaired) electrons. The average Bonchev–Trinajstić information content (AvgIpc) is 2.69. The molecule has 0 atom stereocenters. The number of Topliss-reactive ketones (excluding diaryl/α,β-unsaturated/α-hetero) is 1. The molecular formula is C22H24F2N2O2. The van der Waals surface area contributed by atoms with E-state index in [-0.39, 0.29) is 11.7 Å². The lowest BCUT2D eigenvalue weighted by Crippen LogP contribution is -2.49. The SMILES string of the molecule is CCCC(=O)c1cc(F)c(N2CCN(C(=O)c3cccc(F)c3)CC2)cc1C. The van der Waals surface area contributed by atoms with Crippen LogP contribution >= 0.6 is 0 Å². The minimum atomic E-state index is -0.445. The van der Waals surface area contributed by atoms with Gasteiger partial charge in [0.05, 0.1) is 5.69 Å². The highest BCUT2D eigenvalue weighted by molar-refractivity contribution is 5.98. The second-order valence-corrected chi connectivity index (χ2v) is 7.08. The van der Waals surface area contributed by atoms with E-state index in [9.17, 15) is 18.4 Å². The average molecular weight is 386 g/mol. The number of piperazine rings is 1. The number of hydrogen-bond acceptors (Lipinski definition) is 3. The fourth-order valence-electron chi connectivity index (χ4n) is 3.53. The number of hydrogen-bond donors (Lipinski definition) is 0. The molecule has 0 unspecified atom stereocenters. The first-order valence-electron chi connectivity index (χ1n) is 9.54. The number of amides is 1. The largest absolute Gasteiger partial charge is 0.366 e. The Morgan fingerprint density at radius 1 is 1.04 bits per heavy atom. The summed E-state index contributed by atoms with van der Waals surface area (Å²) in [6, 6.07) is 8.67. The Hall–Kier alpha value is -2.76. The number of halogens is 2. The third-order valence-corrected chi connectivity index (χ3v) is 5.05. The molecule has 0 saturated carbocycles. The molecule has 0 spiro atoms. The van der Waals surface area contributed by atoms with Gasteiger partial charge in [-0.05, 0) is 49.2 Å². The van der Waals surface area contributed by atoms with Gasteiger partial charge >= 0.3 is 0 Å². The molecule has 0 bridgehead atoms. The van der Waals surface area contributed by atoms with Crippen molar-refractivity contribution in [3.05, 3.63) is 64.7 Å². The third-order valence-electron chi connectivity index (χ3n) is 5.05. The van der Waals surface area contributed by atoms with E-state index >= 15 is 0 Å². The molecule has 0 aliphatic carbocycles. The number of aryl methyl sites for hydroxylation is 1. The quantitative estimate of drug-likeness (QED) is 0.723. The van der Waals surface area contributed by atoms with Crippen LogP contribution in [0.1, 0.15) is 46.0 Å². The van der Waals surface area contributed by atoms with E-state index in [4.69, 9.17) is 0 Å². The Kier molecular flexibility index (Phi) is 6.07. The van der Waals surface area contributed by atoms with Crippen LogP contribution in [0.4, 0.5) is 14.5 Å². The van der Waals surface area contributed by atoms with Crippen LogP contribution in [0.5, 0.6) is 0 Å². The maximum Gasteiger partial charge on any atom is 0.254 e. The van der Waals surface area contributed by atoms with Crippen molar-refractivity contribution in [2.24, 2.45) is 0 Å². The van der Waals surface area contributed by atoms with Gasteiger partial charge < -0.3 is 9.80 Å². The first-order valence-corrected chi connectivity index (χ1v) is 9.54. The number of carbonyl (C=O) groups is 2. The summed E-state index contributed by atoms with van der Waals surface area (Å²) in [4.78, 5) is 28.2. The number of anilines is 1. The van der Waals surface area contributed by atoms with Gasteiger partial charge in [0.15, 0.2) is 5.78 Å². The van der Waals surface area contributed by atoms with Gasteiger partial charge in [0.1, 0.15) is 11.6 Å². The summed E-state index contributed by atoms with van der Waals surface area (Å²) in [7, 11) is 0.